The zero-order valence-electron chi connectivity index (χ0n) is 24.3. The molecule has 0 spiro atoms. The molecule has 1 aliphatic heterocycles. The van der Waals surface area contributed by atoms with Crippen molar-refractivity contribution in [2.75, 3.05) is 66.6 Å². The second-order valence-electron chi connectivity index (χ2n) is 9.98. The summed E-state index contributed by atoms with van der Waals surface area (Å²) in [5.41, 5.74) is 3.60. The summed E-state index contributed by atoms with van der Waals surface area (Å²) in [5, 5.41) is 15.4. The van der Waals surface area contributed by atoms with E-state index in [-0.39, 0.29) is 0 Å². The van der Waals surface area contributed by atoms with E-state index < -0.39 is 0 Å². The average molecular weight is 560 g/mol. The molecule has 1 aliphatic rings. The number of rotatable bonds is 10. The lowest BCUT2D eigenvalue weighted by atomic mass is 9.99. The number of ether oxygens (including phenoxy) is 5. The van der Waals surface area contributed by atoms with Crippen LogP contribution in [0.4, 0.5) is 5.69 Å². The fourth-order valence-corrected chi connectivity index (χ4v) is 5.55. The van der Waals surface area contributed by atoms with Crippen molar-refractivity contribution in [3.63, 3.8) is 0 Å². The highest BCUT2D eigenvalue weighted by Crippen LogP contribution is 2.36. The Morgan fingerprint density at radius 2 is 1.29 bits per heavy atom. The number of piperazine rings is 1. The third kappa shape index (κ3) is 5.76. The maximum atomic E-state index is 13.6. The molecule has 1 fully saturated rings. The summed E-state index contributed by atoms with van der Waals surface area (Å²) in [7, 11) is 8.15. The minimum atomic E-state index is 0.410. The van der Waals surface area contributed by atoms with Gasteiger partial charge in [-0.05, 0) is 42.0 Å². The summed E-state index contributed by atoms with van der Waals surface area (Å²) in [6.07, 6.45) is 2.12. The van der Waals surface area contributed by atoms with Gasteiger partial charge in [0.2, 0.25) is 5.69 Å². The van der Waals surface area contributed by atoms with E-state index in [2.05, 4.69) is 15.9 Å². The molecule has 1 aromatic heterocycles. The highest BCUT2D eigenvalue weighted by molar-refractivity contribution is 5.90. The van der Waals surface area contributed by atoms with Crippen molar-refractivity contribution in [3.8, 4) is 28.7 Å². The standard InChI is InChI=1S/C32H37N3O6/c1-37-28-9-7-6-8-26(28)34-14-12-33(13-15-34)20-23-21-35(36)27(16-22-10-11-29(38-2)30(17-22)39-3)25-19-32(41-5)31(40-4)18-24(23)25/h6-11,17-19,21H,12-16,20H2,1-5H3. The maximum absolute atomic E-state index is 13.6. The van der Waals surface area contributed by atoms with Gasteiger partial charge in [-0.2, -0.15) is 4.73 Å². The van der Waals surface area contributed by atoms with Crippen molar-refractivity contribution < 1.29 is 28.4 Å². The Balaban J connectivity index is 1.46. The molecule has 9 heteroatoms. The number of para-hydroxylation sites is 2. The van der Waals surface area contributed by atoms with Gasteiger partial charge >= 0.3 is 0 Å². The molecule has 0 unspecified atom stereocenters. The van der Waals surface area contributed by atoms with Gasteiger partial charge < -0.3 is 33.8 Å². The second-order valence-corrected chi connectivity index (χ2v) is 9.98. The minimum Gasteiger partial charge on any atom is -0.618 e. The monoisotopic (exact) mass is 559 g/mol. The SMILES string of the molecule is COc1ccc(Cc2c3cc(OC)c(OC)cc3c(CN3CCN(c4ccccc4OC)CC3)c[n+]2[O-])cc1OC. The summed E-state index contributed by atoms with van der Waals surface area (Å²) in [4.78, 5) is 4.73. The smallest absolute Gasteiger partial charge is 0.205 e. The van der Waals surface area contributed by atoms with Gasteiger partial charge in [0, 0.05) is 43.7 Å². The van der Waals surface area contributed by atoms with Crippen LogP contribution >= 0.6 is 0 Å². The number of pyridine rings is 1. The number of methoxy groups -OCH3 is 5. The highest BCUT2D eigenvalue weighted by Gasteiger charge is 2.24. The zero-order valence-corrected chi connectivity index (χ0v) is 24.3. The van der Waals surface area contributed by atoms with E-state index in [9.17, 15) is 5.21 Å². The maximum Gasteiger partial charge on any atom is 0.205 e. The van der Waals surface area contributed by atoms with Gasteiger partial charge in [-0.1, -0.05) is 18.2 Å². The number of nitrogens with zero attached hydrogens (tertiary/aromatic N) is 3. The van der Waals surface area contributed by atoms with Crippen molar-refractivity contribution in [1.29, 1.82) is 0 Å². The average Bonchev–Trinajstić information content (AvgIpc) is 3.02. The molecule has 5 rings (SSSR count). The zero-order chi connectivity index (χ0) is 28.9. The lowest BCUT2D eigenvalue weighted by Gasteiger charge is -2.36. The van der Waals surface area contributed by atoms with Crippen LogP contribution in [-0.4, -0.2) is 66.6 Å². The Kier molecular flexibility index (Phi) is 8.54. The molecule has 0 amide bonds. The Labute approximate surface area is 241 Å². The van der Waals surface area contributed by atoms with Crippen LogP contribution < -0.4 is 33.3 Å². The molecule has 0 radical (unpaired) electrons. The first-order valence-electron chi connectivity index (χ1n) is 13.6. The number of anilines is 1. The third-order valence-electron chi connectivity index (χ3n) is 7.73. The quantitative estimate of drug-likeness (QED) is 0.209. The van der Waals surface area contributed by atoms with Crippen LogP contribution in [0.2, 0.25) is 0 Å². The fourth-order valence-electron chi connectivity index (χ4n) is 5.55. The van der Waals surface area contributed by atoms with E-state index in [1.54, 1.807) is 41.7 Å². The van der Waals surface area contributed by atoms with E-state index in [0.29, 0.717) is 41.7 Å². The van der Waals surface area contributed by atoms with Crippen molar-refractivity contribution in [2.24, 2.45) is 0 Å². The van der Waals surface area contributed by atoms with Gasteiger partial charge in [-0.15, -0.1) is 0 Å². The molecule has 2 heterocycles. The van der Waals surface area contributed by atoms with E-state index in [1.165, 1.54) is 0 Å². The van der Waals surface area contributed by atoms with E-state index in [0.717, 1.165) is 64.2 Å². The molecule has 0 N–H and O–H groups in total. The van der Waals surface area contributed by atoms with Gasteiger partial charge in [-0.3, -0.25) is 4.90 Å². The Morgan fingerprint density at radius 3 is 1.95 bits per heavy atom. The predicted octanol–water partition coefficient (Wildman–Crippen LogP) is 4.43. The van der Waals surface area contributed by atoms with Crippen LogP contribution in [0.5, 0.6) is 28.7 Å². The van der Waals surface area contributed by atoms with Crippen LogP contribution in [0.3, 0.4) is 0 Å². The van der Waals surface area contributed by atoms with Crippen molar-refractivity contribution in [1.82, 2.24) is 4.90 Å². The Bertz CT molecular complexity index is 1520. The molecule has 1 saturated heterocycles. The number of fused-ring (bicyclic) bond motifs is 1. The van der Waals surface area contributed by atoms with Crippen LogP contribution in [0.25, 0.3) is 10.8 Å². The molecule has 41 heavy (non-hydrogen) atoms. The van der Waals surface area contributed by atoms with Crippen molar-refractivity contribution in [3.05, 3.63) is 82.8 Å². The molecule has 216 valence electrons. The third-order valence-corrected chi connectivity index (χ3v) is 7.73. The van der Waals surface area contributed by atoms with Gasteiger partial charge in [0.05, 0.1) is 53.0 Å². The Hall–Kier alpha value is -4.37. The van der Waals surface area contributed by atoms with Gasteiger partial charge in [-0.25, -0.2) is 0 Å². The first-order valence-corrected chi connectivity index (χ1v) is 13.6. The van der Waals surface area contributed by atoms with Gasteiger partial charge in [0.15, 0.2) is 29.2 Å². The Morgan fingerprint density at radius 1 is 0.683 bits per heavy atom. The largest absolute Gasteiger partial charge is 0.618 e. The molecule has 0 atom stereocenters. The normalized spacial score (nSPS) is 13.7. The number of benzene rings is 3. The molecular weight excluding hydrogens is 522 g/mol. The van der Waals surface area contributed by atoms with Crippen LogP contribution in [-0.2, 0) is 13.0 Å². The lowest BCUT2D eigenvalue weighted by molar-refractivity contribution is -0.612. The highest BCUT2D eigenvalue weighted by atomic mass is 16.5. The van der Waals surface area contributed by atoms with Gasteiger partial charge in [0.25, 0.3) is 0 Å². The van der Waals surface area contributed by atoms with Gasteiger partial charge in [0.1, 0.15) is 5.75 Å². The van der Waals surface area contributed by atoms with E-state index in [4.69, 9.17) is 23.7 Å². The summed E-state index contributed by atoms with van der Waals surface area (Å²) in [6.45, 7) is 4.09. The topological polar surface area (TPSA) is 79.6 Å². The van der Waals surface area contributed by atoms with E-state index in [1.807, 2.05) is 48.5 Å². The summed E-state index contributed by atoms with van der Waals surface area (Å²) < 4.78 is 28.7. The molecule has 3 aromatic carbocycles. The molecule has 4 aromatic rings. The number of hydrogen-bond acceptors (Lipinski definition) is 8. The first-order chi connectivity index (χ1) is 20.0. The summed E-state index contributed by atoms with van der Waals surface area (Å²) in [5.74, 6) is 3.35. The first kappa shape index (κ1) is 28.2. The molecular formula is C32H37N3O6. The molecule has 9 nitrogen and oxygen atoms in total. The van der Waals surface area contributed by atoms with Crippen LogP contribution in [0.1, 0.15) is 16.8 Å². The number of hydrogen-bond donors (Lipinski definition) is 0. The van der Waals surface area contributed by atoms with Crippen molar-refractivity contribution >= 4 is 16.5 Å². The molecule has 0 saturated carbocycles. The fraction of sp³-hybridized carbons (Fsp3) is 0.344. The lowest BCUT2D eigenvalue weighted by Crippen LogP contribution is -2.46. The molecule has 0 aliphatic carbocycles. The number of aromatic nitrogens is 1. The second kappa shape index (κ2) is 12.4. The summed E-state index contributed by atoms with van der Waals surface area (Å²) >= 11 is 0. The predicted molar refractivity (Wildman–Crippen MR) is 159 cm³/mol. The summed E-state index contributed by atoms with van der Waals surface area (Å²) in [6, 6.07) is 17.7. The molecule has 0 bridgehead atoms. The van der Waals surface area contributed by atoms with Crippen molar-refractivity contribution in [2.45, 2.75) is 13.0 Å². The van der Waals surface area contributed by atoms with E-state index >= 15 is 0 Å². The van der Waals surface area contributed by atoms with Crippen LogP contribution in [0.15, 0.2) is 60.8 Å². The van der Waals surface area contributed by atoms with Crippen LogP contribution in [0, 0.1) is 5.21 Å². The minimum absolute atomic E-state index is 0.410.